The van der Waals surface area contributed by atoms with Crippen molar-refractivity contribution < 1.29 is 9.59 Å². The lowest BCUT2D eigenvalue weighted by Crippen LogP contribution is -2.47. The van der Waals surface area contributed by atoms with Gasteiger partial charge in [0, 0.05) is 38.0 Å². The molecule has 2 fully saturated rings. The van der Waals surface area contributed by atoms with Crippen LogP contribution in [0.4, 0.5) is 0 Å². The summed E-state index contributed by atoms with van der Waals surface area (Å²) in [5, 5.41) is 3.00. The van der Waals surface area contributed by atoms with E-state index in [1.165, 1.54) is 0 Å². The van der Waals surface area contributed by atoms with Crippen molar-refractivity contribution in [3.8, 4) is 0 Å². The number of hydrogen-bond donors (Lipinski definition) is 2. The van der Waals surface area contributed by atoms with Gasteiger partial charge in [-0.25, -0.2) is 0 Å². The van der Waals surface area contributed by atoms with Crippen LogP contribution in [0.5, 0.6) is 0 Å². The van der Waals surface area contributed by atoms with E-state index in [0.29, 0.717) is 24.8 Å². The maximum atomic E-state index is 12.7. The quantitative estimate of drug-likeness (QED) is 0.801. The molecule has 0 aromatic heterocycles. The summed E-state index contributed by atoms with van der Waals surface area (Å²) >= 11 is 0. The van der Waals surface area contributed by atoms with Gasteiger partial charge in [0.1, 0.15) is 0 Å². The SMILES string of the molecule is CCCC(=O)NCC1CCCN(C(=O)C2CCCC(N)C2)C1.Cl. The van der Waals surface area contributed by atoms with E-state index in [0.717, 1.165) is 58.0 Å². The van der Waals surface area contributed by atoms with Gasteiger partial charge in [-0.05, 0) is 44.4 Å². The Kier molecular flexibility index (Phi) is 8.92. The molecule has 0 spiro atoms. The molecule has 6 heteroatoms. The Hall–Kier alpha value is -0.810. The highest BCUT2D eigenvalue weighted by atomic mass is 35.5. The average molecular weight is 346 g/mol. The van der Waals surface area contributed by atoms with Crippen LogP contribution in [0.3, 0.4) is 0 Å². The molecule has 2 aliphatic rings. The van der Waals surface area contributed by atoms with Gasteiger partial charge in [0.05, 0.1) is 0 Å². The molecule has 2 rings (SSSR count). The highest BCUT2D eigenvalue weighted by Gasteiger charge is 2.31. The predicted molar refractivity (Wildman–Crippen MR) is 94.4 cm³/mol. The number of halogens is 1. The Morgan fingerprint density at radius 1 is 1.22 bits per heavy atom. The summed E-state index contributed by atoms with van der Waals surface area (Å²) in [4.78, 5) is 26.3. The number of carbonyl (C=O) groups is 2. The summed E-state index contributed by atoms with van der Waals surface area (Å²) in [5.41, 5.74) is 6.01. The summed E-state index contributed by atoms with van der Waals surface area (Å²) in [6, 6.07) is 0.191. The van der Waals surface area contributed by atoms with Crippen LogP contribution < -0.4 is 11.1 Å². The van der Waals surface area contributed by atoms with Crippen LogP contribution in [-0.2, 0) is 9.59 Å². The Labute approximate surface area is 146 Å². The smallest absolute Gasteiger partial charge is 0.225 e. The molecular weight excluding hydrogens is 314 g/mol. The number of carbonyl (C=O) groups excluding carboxylic acids is 2. The van der Waals surface area contributed by atoms with Gasteiger partial charge in [-0.15, -0.1) is 12.4 Å². The second-order valence-corrected chi connectivity index (χ2v) is 6.97. The van der Waals surface area contributed by atoms with E-state index in [4.69, 9.17) is 5.73 Å². The molecule has 1 heterocycles. The molecule has 0 radical (unpaired) electrons. The van der Waals surface area contributed by atoms with Crippen LogP contribution in [-0.4, -0.2) is 42.4 Å². The molecule has 3 atom stereocenters. The number of rotatable bonds is 5. The molecule has 3 N–H and O–H groups in total. The number of likely N-dealkylation sites (tertiary alicyclic amines) is 1. The molecule has 0 aromatic carbocycles. The predicted octanol–water partition coefficient (Wildman–Crippen LogP) is 2.08. The molecule has 0 bridgehead atoms. The standard InChI is InChI=1S/C17H31N3O2.ClH/c1-2-5-16(21)19-11-13-6-4-9-20(12-13)17(22)14-7-3-8-15(18)10-14;/h13-15H,2-12,18H2,1H3,(H,19,21);1H. The van der Waals surface area contributed by atoms with Crippen LogP contribution >= 0.6 is 12.4 Å². The van der Waals surface area contributed by atoms with Crippen molar-refractivity contribution in [2.75, 3.05) is 19.6 Å². The summed E-state index contributed by atoms with van der Waals surface area (Å²) in [6.45, 7) is 4.36. The fourth-order valence-corrected chi connectivity index (χ4v) is 3.72. The third kappa shape index (κ3) is 6.30. The van der Waals surface area contributed by atoms with E-state index in [1.54, 1.807) is 0 Å². The average Bonchev–Trinajstić information content (AvgIpc) is 2.53. The van der Waals surface area contributed by atoms with Gasteiger partial charge < -0.3 is 16.0 Å². The molecule has 0 aromatic rings. The van der Waals surface area contributed by atoms with Gasteiger partial charge in [0.25, 0.3) is 0 Å². The van der Waals surface area contributed by atoms with E-state index >= 15 is 0 Å². The zero-order valence-corrected chi connectivity index (χ0v) is 15.1. The lowest BCUT2D eigenvalue weighted by Gasteiger charge is -2.36. The van der Waals surface area contributed by atoms with E-state index in [1.807, 2.05) is 11.8 Å². The lowest BCUT2D eigenvalue weighted by molar-refractivity contribution is -0.138. The zero-order valence-electron chi connectivity index (χ0n) is 14.3. The lowest BCUT2D eigenvalue weighted by atomic mass is 9.84. The van der Waals surface area contributed by atoms with Gasteiger partial charge in [0.2, 0.25) is 11.8 Å². The molecule has 1 aliphatic carbocycles. The topological polar surface area (TPSA) is 75.4 Å². The highest BCUT2D eigenvalue weighted by molar-refractivity contribution is 5.85. The van der Waals surface area contributed by atoms with Gasteiger partial charge in [-0.1, -0.05) is 13.3 Å². The summed E-state index contributed by atoms with van der Waals surface area (Å²) < 4.78 is 0. The molecule has 2 amide bonds. The first kappa shape index (κ1) is 20.2. The normalized spacial score (nSPS) is 27.9. The molecule has 3 unspecified atom stereocenters. The molecule has 134 valence electrons. The van der Waals surface area contributed by atoms with Crippen LogP contribution in [0.1, 0.15) is 58.3 Å². The third-order valence-electron chi connectivity index (χ3n) is 4.96. The van der Waals surface area contributed by atoms with Gasteiger partial charge in [-0.3, -0.25) is 9.59 Å². The number of piperidine rings is 1. The fourth-order valence-electron chi connectivity index (χ4n) is 3.72. The summed E-state index contributed by atoms with van der Waals surface area (Å²) in [6.07, 6.45) is 7.56. The Balaban J connectivity index is 0.00000264. The molecule has 1 saturated carbocycles. The number of amides is 2. The Morgan fingerprint density at radius 3 is 2.70 bits per heavy atom. The van der Waals surface area contributed by atoms with E-state index in [2.05, 4.69) is 5.32 Å². The van der Waals surface area contributed by atoms with Crippen molar-refractivity contribution in [2.45, 2.75) is 64.3 Å². The van der Waals surface area contributed by atoms with Crippen LogP contribution in [0.25, 0.3) is 0 Å². The third-order valence-corrected chi connectivity index (χ3v) is 4.96. The second-order valence-electron chi connectivity index (χ2n) is 6.97. The monoisotopic (exact) mass is 345 g/mol. The second kappa shape index (κ2) is 10.1. The van der Waals surface area contributed by atoms with Gasteiger partial charge in [-0.2, -0.15) is 0 Å². The van der Waals surface area contributed by atoms with Crippen molar-refractivity contribution in [2.24, 2.45) is 17.6 Å². The number of hydrogen-bond acceptors (Lipinski definition) is 3. The number of nitrogens with zero attached hydrogens (tertiary/aromatic N) is 1. The maximum absolute atomic E-state index is 12.7. The first-order valence-electron chi connectivity index (χ1n) is 8.91. The van der Waals surface area contributed by atoms with Crippen molar-refractivity contribution in [1.82, 2.24) is 10.2 Å². The minimum atomic E-state index is 0. The summed E-state index contributed by atoms with van der Waals surface area (Å²) in [5.74, 6) is 0.942. The van der Waals surface area contributed by atoms with Gasteiger partial charge in [0.15, 0.2) is 0 Å². The minimum absolute atomic E-state index is 0. The van der Waals surface area contributed by atoms with E-state index in [-0.39, 0.29) is 30.3 Å². The maximum Gasteiger partial charge on any atom is 0.225 e. The van der Waals surface area contributed by atoms with E-state index in [9.17, 15) is 9.59 Å². The Bertz CT molecular complexity index is 392. The fraction of sp³-hybridized carbons (Fsp3) is 0.882. The minimum Gasteiger partial charge on any atom is -0.356 e. The van der Waals surface area contributed by atoms with Crippen LogP contribution in [0, 0.1) is 11.8 Å². The molecular formula is C17H32ClN3O2. The number of nitrogens with two attached hydrogens (primary N) is 1. The van der Waals surface area contributed by atoms with Crippen LogP contribution in [0.2, 0.25) is 0 Å². The first-order chi connectivity index (χ1) is 10.6. The molecule has 1 aliphatic heterocycles. The number of nitrogens with one attached hydrogen (secondary N) is 1. The highest BCUT2D eigenvalue weighted by Crippen LogP contribution is 2.27. The van der Waals surface area contributed by atoms with Crippen molar-refractivity contribution in [3.63, 3.8) is 0 Å². The zero-order chi connectivity index (χ0) is 15.9. The van der Waals surface area contributed by atoms with Crippen molar-refractivity contribution in [1.29, 1.82) is 0 Å². The molecule has 5 nitrogen and oxygen atoms in total. The largest absolute Gasteiger partial charge is 0.356 e. The van der Waals surface area contributed by atoms with Crippen molar-refractivity contribution >= 4 is 24.2 Å². The summed E-state index contributed by atoms with van der Waals surface area (Å²) in [7, 11) is 0. The first-order valence-corrected chi connectivity index (χ1v) is 8.91. The Morgan fingerprint density at radius 2 is 2.00 bits per heavy atom. The van der Waals surface area contributed by atoms with Crippen LogP contribution in [0.15, 0.2) is 0 Å². The van der Waals surface area contributed by atoms with Crippen molar-refractivity contribution in [3.05, 3.63) is 0 Å². The molecule has 1 saturated heterocycles. The molecule has 23 heavy (non-hydrogen) atoms. The van der Waals surface area contributed by atoms with Gasteiger partial charge >= 0.3 is 0 Å². The van der Waals surface area contributed by atoms with E-state index < -0.39 is 0 Å².